The average molecular weight is 726 g/mol. The molecule has 1 unspecified atom stereocenters. The maximum atomic E-state index is 15.7. The number of benzene rings is 4. The van der Waals surface area contributed by atoms with Crippen molar-refractivity contribution in [2.45, 2.75) is 57.2 Å². The molecule has 1 aliphatic rings. The number of ether oxygens (including phenoxy) is 1. The molecule has 0 aliphatic carbocycles. The van der Waals surface area contributed by atoms with Crippen LogP contribution < -0.4 is 20.5 Å². The predicted octanol–water partition coefficient (Wildman–Crippen LogP) is 6.67. The molecule has 5 rings (SSSR count). The molecular weight excluding hydrogens is 681 g/mol. The molecular formula is C39H44N5O7P. The summed E-state index contributed by atoms with van der Waals surface area (Å²) >= 11 is 0. The van der Waals surface area contributed by atoms with E-state index in [2.05, 4.69) is 5.32 Å². The van der Waals surface area contributed by atoms with Gasteiger partial charge in [-0.2, -0.15) is 0 Å². The first-order valence-corrected chi connectivity index (χ1v) is 18.9. The lowest BCUT2D eigenvalue weighted by molar-refractivity contribution is -0.142. The number of amides is 3. The predicted molar refractivity (Wildman–Crippen MR) is 201 cm³/mol. The topological polar surface area (TPSA) is 175 Å². The summed E-state index contributed by atoms with van der Waals surface area (Å²) in [6.45, 7) is 6.48. The number of likely N-dealkylation sites (tertiary alicyclic amines) is 1. The highest BCUT2D eigenvalue weighted by Gasteiger charge is 2.54. The fraction of sp³-hybridized carbons (Fsp3) is 0.282. The summed E-state index contributed by atoms with van der Waals surface area (Å²) in [5, 5.41) is 10.7. The van der Waals surface area contributed by atoms with Crippen LogP contribution in [0.1, 0.15) is 50.3 Å². The molecule has 12 nitrogen and oxygen atoms in total. The minimum absolute atomic E-state index is 0.00593. The second-order valence-electron chi connectivity index (χ2n) is 13.7. The van der Waals surface area contributed by atoms with Gasteiger partial charge in [0.1, 0.15) is 17.5 Å². The van der Waals surface area contributed by atoms with Gasteiger partial charge in [-0.25, -0.2) is 9.36 Å². The first-order chi connectivity index (χ1) is 24.6. The molecule has 3 amide bonds. The summed E-state index contributed by atoms with van der Waals surface area (Å²) in [6, 6.07) is 30.3. The lowest BCUT2D eigenvalue weighted by atomic mass is 9.80. The maximum absolute atomic E-state index is 15.7. The number of nitrogens with zero attached hydrogens (tertiary/aromatic N) is 2. The van der Waals surface area contributed by atoms with E-state index in [1.165, 1.54) is 28.0 Å². The highest BCUT2D eigenvalue weighted by atomic mass is 31.2. The highest BCUT2D eigenvalue weighted by Crippen LogP contribution is 2.43. The van der Waals surface area contributed by atoms with Crippen molar-refractivity contribution < 1.29 is 33.1 Å². The van der Waals surface area contributed by atoms with Crippen molar-refractivity contribution in [3.8, 4) is 5.75 Å². The Morgan fingerprint density at radius 1 is 0.962 bits per heavy atom. The number of anilines is 2. The van der Waals surface area contributed by atoms with Gasteiger partial charge in [-0.15, -0.1) is 0 Å². The Kier molecular flexibility index (Phi) is 11.2. The Labute approximate surface area is 303 Å². The quantitative estimate of drug-likeness (QED) is 0.0753. The molecule has 4 aromatic carbocycles. The van der Waals surface area contributed by atoms with Gasteiger partial charge in [0.25, 0.3) is 5.91 Å². The van der Waals surface area contributed by atoms with Gasteiger partial charge in [-0.1, -0.05) is 78.9 Å². The van der Waals surface area contributed by atoms with Crippen LogP contribution in [-0.2, 0) is 30.9 Å². The van der Waals surface area contributed by atoms with Gasteiger partial charge in [0.2, 0.25) is 5.91 Å². The third-order valence-electron chi connectivity index (χ3n) is 8.51. The first kappa shape index (κ1) is 37.8. The van der Waals surface area contributed by atoms with Crippen LogP contribution in [0.15, 0.2) is 109 Å². The van der Waals surface area contributed by atoms with Gasteiger partial charge in [0, 0.05) is 30.9 Å². The third kappa shape index (κ3) is 8.70. The number of nitrogen functional groups attached to an aromatic ring is 1. The van der Waals surface area contributed by atoms with Crippen LogP contribution in [0.2, 0.25) is 0 Å². The molecule has 0 aromatic heterocycles. The summed E-state index contributed by atoms with van der Waals surface area (Å²) < 4.78 is 23.5. The summed E-state index contributed by atoms with van der Waals surface area (Å²) in [5.41, 5.74) is 4.99. The number of nitrogens with one attached hydrogen (secondary N) is 2. The number of carbonyl (C=O) groups is 3. The summed E-state index contributed by atoms with van der Waals surface area (Å²) in [4.78, 5) is 57.3. The number of hydrogen-bond acceptors (Lipinski definition) is 7. The molecule has 0 radical (unpaired) electrons. The molecule has 52 heavy (non-hydrogen) atoms. The van der Waals surface area contributed by atoms with Crippen molar-refractivity contribution in [1.82, 2.24) is 4.90 Å². The Morgan fingerprint density at radius 3 is 2.13 bits per heavy atom. The van der Waals surface area contributed by atoms with E-state index in [-0.39, 0.29) is 35.8 Å². The third-order valence-corrected chi connectivity index (χ3v) is 9.05. The van der Waals surface area contributed by atoms with Crippen LogP contribution in [0, 0.1) is 5.41 Å². The van der Waals surface area contributed by atoms with E-state index in [1.807, 2.05) is 42.5 Å². The zero-order valence-electron chi connectivity index (χ0n) is 29.6. The van der Waals surface area contributed by atoms with E-state index in [0.717, 1.165) is 12.2 Å². The van der Waals surface area contributed by atoms with E-state index in [1.54, 1.807) is 69.3 Å². The van der Waals surface area contributed by atoms with E-state index in [9.17, 15) is 19.0 Å². The van der Waals surface area contributed by atoms with Crippen molar-refractivity contribution in [2.75, 3.05) is 23.4 Å². The summed E-state index contributed by atoms with van der Waals surface area (Å²) in [7, 11) is -4.05. The van der Waals surface area contributed by atoms with Gasteiger partial charge in [0.05, 0.1) is 5.69 Å². The number of para-hydroxylation sites is 1. The van der Waals surface area contributed by atoms with Gasteiger partial charge in [-0.3, -0.25) is 19.9 Å². The number of nitrogens with two attached hydrogens (primary N) is 1. The fourth-order valence-corrected chi connectivity index (χ4v) is 6.89. The van der Waals surface area contributed by atoms with Crippen molar-refractivity contribution in [2.24, 2.45) is 5.73 Å². The maximum Gasteiger partial charge on any atom is 0.416 e. The van der Waals surface area contributed by atoms with Crippen molar-refractivity contribution in [1.29, 1.82) is 5.41 Å². The van der Waals surface area contributed by atoms with Crippen LogP contribution in [0.3, 0.4) is 0 Å². The molecule has 0 spiro atoms. The molecule has 272 valence electrons. The number of carbonyl (C=O) groups excluding carboxylic acids is 3. The monoisotopic (exact) mass is 725 g/mol. The van der Waals surface area contributed by atoms with Crippen molar-refractivity contribution in [3.63, 3.8) is 0 Å². The Bertz CT molecular complexity index is 1970. The molecule has 13 heteroatoms. The molecule has 5 N–H and O–H groups in total. The highest BCUT2D eigenvalue weighted by molar-refractivity contribution is 7.52. The van der Waals surface area contributed by atoms with Crippen molar-refractivity contribution >= 4 is 42.7 Å². The fourth-order valence-electron chi connectivity index (χ4n) is 6.37. The average Bonchev–Trinajstić information content (AvgIpc) is 3.58. The SMILES string of the molecule is CC(C)(C)OC(=O)N(c1ccccc1)[C@](Cc1ccccc1)(C(=O)N1CCC[C@H]1C(=O)Nc1cc(C(=N)N)ccc1OP(C)(=O)O)c1ccccc1. The molecule has 0 bridgehead atoms. The molecule has 0 saturated carbocycles. The minimum atomic E-state index is -4.05. The summed E-state index contributed by atoms with van der Waals surface area (Å²) in [6.07, 6.45) is 0.0646. The van der Waals surface area contributed by atoms with Gasteiger partial charge in [-0.05, 0) is 75.1 Å². The van der Waals surface area contributed by atoms with Crippen LogP contribution in [0.4, 0.5) is 16.2 Å². The van der Waals surface area contributed by atoms with Crippen molar-refractivity contribution in [3.05, 3.63) is 126 Å². The van der Waals surface area contributed by atoms with E-state index < -0.39 is 42.7 Å². The first-order valence-electron chi connectivity index (χ1n) is 16.9. The molecule has 1 saturated heterocycles. The normalized spacial score (nSPS) is 16.6. The Morgan fingerprint density at radius 2 is 1.56 bits per heavy atom. The lowest BCUT2D eigenvalue weighted by Gasteiger charge is -2.46. The van der Waals surface area contributed by atoms with Gasteiger partial charge >= 0.3 is 13.7 Å². The second kappa shape index (κ2) is 15.4. The van der Waals surface area contributed by atoms with E-state index >= 15 is 4.79 Å². The number of hydrogen-bond donors (Lipinski definition) is 4. The number of rotatable bonds is 11. The molecule has 1 aliphatic heterocycles. The zero-order chi connectivity index (χ0) is 37.7. The minimum Gasteiger partial charge on any atom is -0.443 e. The molecule has 4 aromatic rings. The van der Waals surface area contributed by atoms with E-state index in [4.69, 9.17) is 20.4 Å². The lowest BCUT2D eigenvalue weighted by Crippen LogP contribution is -2.63. The van der Waals surface area contributed by atoms with Gasteiger partial charge in [0.15, 0.2) is 11.3 Å². The van der Waals surface area contributed by atoms with Crippen LogP contribution in [0.5, 0.6) is 5.75 Å². The molecule has 1 fully saturated rings. The smallest absolute Gasteiger partial charge is 0.416 e. The Balaban J connectivity index is 1.67. The summed E-state index contributed by atoms with van der Waals surface area (Å²) in [5.74, 6) is -1.49. The van der Waals surface area contributed by atoms with Gasteiger partial charge < -0.3 is 30.1 Å². The van der Waals surface area contributed by atoms with E-state index in [0.29, 0.717) is 24.1 Å². The number of amidine groups is 1. The standard InChI is InChI=1S/C39H44N5O7P/c1-38(2,3)50-37(47)44(30-19-12-7-13-20-30)39(29-17-10-6-11-18-29,26-27-15-8-5-9-16-27)36(46)43-24-14-21-32(43)35(45)42-31-25-28(34(40)41)22-23-33(31)51-52(4,48)49/h5-13,15-20,22-23,25,32H,14,21,24,26H2,1-4H3,(H3,40,41)(H,42,45)(H,48,49)/t32-,39-/m0/s1. The molecule has 1 heterocycles. The molecule has 3 atom stereocenters. The van der Waals surface area contributed by atoms with Crippen LogP contribution in [-0.4, -0.2) is 58.4 Å². The zero-order valence-corrected chi connectivity index (χ0v) is 30.5. The second-order valence-corrected chi connectivity index (χ2v) is 15.5. The Hall–Kier alpha value is -5.45. The largest absolute Gasteiger partial charge is 0.443 e. The van der Waals surface area contributed by atoms with Crippen LogP contribution in [0.25, 0.3) is 0 Å². The van der Waals surface area contributed by atoms with Crippen LogP contribution >= 0.6 is 7.60 Å².